The average Bonchev–Trinajstić information content (AvgIpc) is 2.32. The van der Waals surface area contributed by atoms with E-state index in [4.69, 9.17) is 16.3 Å². The fourth-order valence-electron chi connectivity index (χ4n) is 2.00. The van der Waals surface area contributed by atoms with Gasteiger partial charge in [0.25, 0.3) is 0 Å². The van der Waals surface area contributed by atoms with Gasteiger partial charge >= 0.3 is 0 Å². The summed E-state index contributed by atoms with van der Waals surface area (Å²) in [6, 6.07) is 0. The summed E-state index contributed by atoms with van der Waals surface area (Å²) in [5.41, 5.74) is 0. The van der Waals surface area contributed by atoms with Gasteiger partial charge in [0, 0.05) is 25.5 Å². The fraction of sp³-hybridized carbons (Fsp3) is 1.00. The number of halogens is 2. The van der Waals surface area contributed by atoms with Crippen LogP contribution in [-0.4, -0.2) is 42.6 Å². The van der Waals surface area contributed by atoms with Crippen molar-refractivity contribution in [3.63, 3.8) is 0 Å². The summed E-state index contributed by atoms with van der Waals surface area (Å²) in [4.78, 5) is 2.42. The predicted octanol–water partition coefficient (Wildman–Crippen LogP) is 1.51. The van der Waals surface area contributed by atoms with Crippen LogP contribution in [0.15, 0.2) is 0 Å². The molecule has 2 aliphatic heterocycles. The highest BCUT2D eigenvalue weighted by Crippen LogP contribution is 2.25. The van der Waals surface area contributed by atoms with Crippen LogP contribution in [0.3, 0.4) is 0 Å². The second-order valence-electron chi connectivity index (χ2n) is 3.41. The zero-order valence-corrected chi connectivity index (χ0v) is 8.61. The molecular weight excluding hydrogens is 197 g/mol. The van der Waals surface area contributed by atoms with Crippen molar-refractivity contribution >= 4 is 24.0 Å². The number of ether oxygens (including phenoxy) is 1. The molecule has 0 aromatic carbocycles. The zero-order valence-electron chi connectivity index (χ0n) is 7.04. The number of nitrogens with zero attached hydrogens (tertiary/aromatic N) is 1. The zero-order chi connectivity index (χ0) is 7.68. The maximum absolute atomic E-state index is 5.69. The maximum Gasteiger partial charge on any atom is 0.0707 e. The van der Waals surface area contributed by atoms with Crippen LogP contribution in [-0.2, 0) is 4.74 Å². The Labute approximate surface area is 84.6 Å². The van der Waals surface area contributed by atoms with Crippen LogP contribution in [0.4, 0.5) is 0 Å². The molecule has 2 nitrogen and oxygen atoms in total. The molecule has 0 aromatic heterocycles. The molecule has 2 aliphatic rings. The Morgan fingerprint density at radius 2 is 1.83 bits per heavy atom. The van der Waals surface area contributed by atoms with E-state index >= 15 is 0 Å². The summed E-state index contributed by atoms with van der Waals surface area (Å²) in [6.07, 6.45) is 3.53. The van der Waals surface area contributed by atoms with Gasteiger partial charge in [-0.2, -0.15) is 0 Å². The molecule has 12 heavy (non-hydrogen) atoms. The van der Waals surface area contributed by atoms with Crippen LogP contribution in [0, 0.1) is 0 Å². The maximum atomic E-state index is 5.69. The number of likely N-dealkylation sites (tertiary alicyclic amines) is 1. The lowest BCUT2D eigenvalue weighted by Crippen LogP contribution is -2.43. The Balaban J connectivity index is 0.000000720. The second kappa shape index (κ2) is 4.66. The molecule has 2 saturated heterocycles. The Hall–Kier alpha value is 0.500. The van der Waals surface area contributed by atoms with Gasteiger partial charge in [-0.3, -0.25) is 4.90 Å². The van der Waals surface area contributed by atoms with Gasteiger partial charge in [0.2, 0.25) is 0 Å². The van der Waals surface area contributed by atoms with Crippen molar-refractivity contribution in [2.45, 2.75) is 25.0 Å². The summed E-state index contributed by atoms with van der Waals surface area (Å²) < 4.78 is 5.69. The molecule has 0 N–H and O–H groups in total. The first kappa shape index (κ1) is 10.6. The standard InChI is InChI=1S/C8H14ClNO.ClH/c9-3-4-10-5-7-1-2-8(6-10)11-7;/h7-8H,1-6H2;1H. The highest BCUT2D eigenvalue weighted by molar-refractivity contribution is 6.18. The van der Waals surface area contributed by atoms with Crippen LogP contribution in [0.1, 0.15) is 12.8 Å². The minimum absolute atomic E-state index is 0. The smallest absolute Gasteiger partial charge is 0.0707 e. The van der Waals surface area contributed by atoms with Gasteiger partial charge in [0.05, 0.1) is 12.2 Å². The third-order valence-corrected chi connectivity index (χ3v) is 2.69. The van der Waals surface area contributed by atoms with E-state index in [-0.39, 0.29) is 12.4 Å². The lowest BCUT2D eigenvalue weighted by atomic mass is 10.2. The first-order valence-electron chi connectivity index (χ1n) is 4.32. The minimum Gasteiger partial charge on any atom is -0.372 e. The molecule has 2 atom stereocenters. The molecule has 0 spiro atoms. The van der Waals surface area contributed by atoms with Gasteiger partial charge < -0.3 is 4.74 Å². The minimum atomic E-state index is 0. The number of alkyl halides is 1. The van der Waals surface area contributed by atoms with E-state index in [9.17, 15) is 0 Å². The summed E-state index contributed by atoms with van der Waals surface area (Å²) in [5.74, 6) is 0.749. The van der Waals surface area contributed by atoms with Gasteiger partial charge in [-0.05, 0) is 12.8 Å². The molecule has 2 rings (SSSR count). The molecule has 2 fully saturated rings. The van der Waals surface area contributed by atoms with Gasteiger partial charge in [-0.15, -0.1) is 24.0 Å². The molecule has 2 unspecified atom stereocenters. The van der Waals surface area contributed by atoms with Crippen LogP contribution in [0.5, 0.6) is 0 Å². The van der Waals surface area contributed by atoms with Gasteiger partial charge in [-0.25, -0.2) is 0 Å². The van der Waals surface area contributed by atoms with Crippen LogP contribution < -0.4 is 0 Å². The van der Waals surface area contributed by atoms with Crippen molar-refractivity contribution in [2.24, 2.45) is 0 Å². The Bertz CT molecular complexity index is 133. The van der Waals surface area contributed by atoms with Crippen molar-refractivity contribution in [2.75, 3.05) is 25.5 Å². The number of hydrogen-bond donors (Lipinski definition) is 0. The largest absolute Gasteiger partial charge is 0.372 e. The summed E-state index contributed by atoms with van der Waals surface area (Å²) >= 11 is 5.67. The number of morpholine rings is 1. The van der Waals surface area contributed by atoms with E-state index in [1.807, 2.05) is 0 Å². The first-order valence-corrected chi connectivity index (χ1v) is 4.85. The lowest BCUT2D eigenvalue weighted by Gasteiger charge is -2.31. The molecule has 2 bridgehead atoms. The summed E-state index contributed by atoms with van der Waals surface area (Å²) in [5, 5.41) is 0. The quantitative estimate of drug-likeness (QED) is 0.643. The van der Waals surface area contributed by atoms with Crippen molar-refractivity contribution in [3.05, 3.63) is 0 Å². The molecule has 0 aliphatic carbocycles. The van der Waals surface area contributed by atoms with E-state index in [1.165, 1.54) is 12.8 Å². The number of rotatable bonds is 2. The van der Waals surface area contributed by atoms with E-state index in [0.29, 0.717) is 12.2 Å². The van der Waals surface area contributed by atoms with Crippen molar-refractivity contribution in [1.29, 1.82) is 0 Å². The Kier molecular flexibility index (Phi) is 4.11. The predicted molar refractivity (Wildman–Crippen MR) is 52.3 cm³/mol. The Morgan fingerprint density at radius 1 is 1.25 bits per heavy atom. The summed E-state index contributed by atoms with van der Waals surface area (Å²) in [7, 11) is 0. The van der Waals surface area contributed by atoms with Gasteiger partial charge in [0.1, 0.15) is 0 Å². The molecule has 0 saturated carbocycles. The molecule has 0 amide bonds. The SMILES string of the molecule is Cl.ClCCN1CC2CCC(C1)O2. The van der Waals surface area contributed by atoms with Crippen LogP contribution in [0.2, 0.25) is 0 Å². The third kappa shape index (κ3) is 2.25. The highest BCUT2D eigenvalue weighted by Gasteiger charge is 2.32. The topological polar surface area (TPSA) is 12.5 Å². The monoisotopic (exact) mass is 211 g/mol. The number of hydrogen-bond acceptors (Lipinski definition) is 2. The molecule has 2 heterocycles. The van der Waals surface area contributed by atoms with Gasteiger partial charge in [-0.1, -0.05) is 0 Å². The summed E-state index contributed by atoms with van der Waals surface area (Å²) in [6.45, 7) is 3.23. The molecule has 72 valence electrons. The second-order valence-corrected chi connectivity index (χ2v) is 3.78. The molecular formula is C8H15Cl2NO. The van der Waals surface area contributed by atoms with Crippen molar-refractivity contribution in [1.82, 2.24) is 4.90 Å². The number of fused-ring (bicyclic) bond motifs is 2. The van der Waals surface area contributed by atoms with Crippen LogP contribution >= 0.6 is 24.0 Å². The fourth-order valence-corrected chi connectivity index (χ4v) is 2.24. The molecule has 4 heteroatoms. The molecule has 0 radical (unpaired) electrons. The van der Waals surface area contributed by atoms with Crippen molar-refractivity contribution in [3.8, 4) is 0 Å². The highest BCUT2D eigenvalue weighted by atomic mass is 35.5. The van der Waals surface area contributed by atoms with E-state index in [1.54, 1.807) is 0 Å². The van der Waals surface area contributed by atoms with E-state index in [0.717, 1.165) is 25.5 Å². The van der Waals surface area contributed by atoms with Gasteiger partial charge in [0.15, 0.2) is 0 Å². The third-order valence-electron chi connectivity index (χ3n) is 2.52. The molecule has 0 aromatic rings. The van der Waals surface area contributed by atoms with Crippen LogP contribution in [0.25, 0.3) is 0 Å². The normalized spacial score (nSPS) is 34.8. The average molecular weight is 212 g/mol. The lowest BCUT2D eigenvalue weighted by molar-refractivity contribution is -0.0361. The van der Waals surface area contributed by atoms with E-state index < -0.39 is 0 Å². The first-order chi connectivity index (χ1) is 5.38. The Morgan fingerprint density at radius 3 is 2.33 bits per heavy atom. The van der Waals surface area contributed by atoms with Crippen molar-refractivity contribution < 1.29 is 4.74 Å². The van der Waals surface area contributed by atoms with E-state index in [2.05, 4.69) is 4.90 Å².